The van der Waals surface area contributed by atoms with Gasteiger partial charge in [-0.05, 0) is 30.8 Å². The van der Waals surface area contributed by atoms with Crippen LogP contribution in [0.25, 0.3) is 0 Å². The number of ether oxygens (including phenoxy) is 2. The third-order valence-corrected chi connectivity index (χ3v) is 5.58. The van der Waals surface area contributed by atoms with Crippen LogP contribution in [0.4, 0.5) is 9.59 Å². The van der Waals surface area contributed by atoms with Crippen LogP contribution in [0.2, 0.25) is 13.1 Å². The molecule has 8 heteroatoms. The first-order valence-corrected chi connectivity index (χ1v) is 12.2. The first-order valence-electron chi connectivity index (χ1n) is 9.38. The summed E-state index contributed by atoms with van der Waals surface area (Å²) in [6.07, 6.45) is 3.08. The summed E-state index contributed by atoms with van der Waals surface area (Å²) in [4.78, 5) is 25.9. The quantitative estimate of drug-likeness (QED) is 0.452. The van der Waals surface area contributed by atoms with Gasteiger partial charge in [-0.25, -0.2) is 9.59 Å². The molecule has 0 aromatic rings. The smallest absolute Gasteiger partial charge is 0.410 e. The Hall–Kier alpha value is -1.80. The minimum Gasteiger partial charge on any atom is -0.445 e. The SMILES string of the molecule is C=CCOC(=O)NCC(C)(C)[C@@H]1C[C@@H](CO[SiH](C)C)N(C(=O)OCC=C)C1. The van der Waals surface area contributed by atoms with E-state index in [1.54, 1.807) is 11.0 Å². The van der Waals surface area contributed by atoms with Crippen molar-refractivity contribution in [2.75, 3.05) is 32.9 Å². The Balaban J connectivity index is 2.72. The summed E-state index contributed by atoms with van der Waals surface area (Å²) >= 11 is 0. The van der Waals surface area contributed by atoms with Gasteiger partial charge in [0, 0.05) is 13.1 Å². The number of carbonyl (C=O) groups is 2. The molecule has 0 aromatic carbocycles. The third-order valence-electron chi connectivity index (χ3n) is 4.72. The van der Waals surface area contributed by atoms with Crippen LogP contribution < -0.4 is 5.32 Å². The molecule has 0 unspecified atom stereocenters. The molecule has 0 radical (unpaired) electrons. The van der Waals surface area contributed by atoms with Crippen LogP contribution in [0.1, 0.15) is 20.3 Å². The van der Waals surface area contributed by atoms with Crippen molar-refractivity contribution in [3.63, 3.8) is 0 Å². The summed E-state index contributed by atoms with van der Waals surface area (Å²) < 4.78 is 16.1. The molecule has 27 heavy (non-hydrogen) atoms. The molecule has 0 bridgehead atoms. The second kappa shape index (κ2) is 11.1. The largest absolute Gasteiger partial charge is 0.445 e. The second-order valence-corrected chi connectivity index (χ2v) is 10.1. The van der Waals surface area contributed by atoms with Gasteiger partial charge in [-0.1, -0.05) is 39.2 Å². The van der Waals surface area contributed by atoms with Crippen LogP contribution in [0, 0.1) is 11.3 Å². The highest BCUT2D eigenvalue weighted by atomic mass is 28.3. The number of carbonyl (C=O) groups excluding carboxylic acids is 2. The van der Waals surface area contributed by atoms with E-state index in [9.17, 15) is 9.59 Å². The van der Waals surface area contributed by atoms with E-state index in [-0.39, 0.29) is 36.7 Å². The average molecular weight is 399 g/mol. The zero-order valence-corrected chi connectivity index (χ0v) is 18.2. The Labute approximate surface area is 164 Å². The van der Waals surface area contributed by atoms with Gasteiger partial charge < -0.3 is 24.1 Å². The van der Waals surface area contributed by atoms with E-state index in [0.717, 1.165) is 6.42 Å². The Bertz CT molecular complexity index is 524. The molecule has 154 valence electrons. The number of amides is 2. The zero-order chi connectivity index (χ0) is 20.4. The van der Waals surface area contributed by atoms with Crippen molar-refractivity contribution in [1.82, 2.24) is 10.2 Å². The Morgan fingerprint density at radius 2 is 1.85 bits per heavy atom. The maximum atomic E-state index is 12.4. The highest BCUT2D eigenvalue weighted by molar-refractivity contribution is 6.48. The highest BCUT2D eigenvalue weighted by Gasteiger charge is 2.43. The fourth-order valence-electron chi connectivity index (χ4n) is 3.01. The van der Waals surface area contributed by atoms with E-state index < -0.39 is 15.1 Å². The lowest BCUT2D eigenvalue weighted by Crippen LogP contribution is -2.41. The molecule has 1 saturated heterocycles. The monoisotopic (exact) mass is 398 g/mol. The van der Waals surface area contributed by atoms with Gasteiger partial charge in [0.1, 0.15) is 13.2 Å². The molecule has 1 aliphatic heterocycles. The van der Waals surface area contributed by atoms with Gasteiger partial charge in [0.25, 0.3) is 0 Å². The van der Waals surface area contributed by atoms with Crippen molar-refractivity contribution in [2.24, 2.45) is 11.3 Å². The Kier molecular flexibility index (Phi) is 9.58. The minimum absolute atomic E-state index is 0.0193. The van der Waals surface area contributed by atoms with Crippen molar-refractivity contribution in [2.45, 2.75) is 39.4 Å². The maximum Gasteiger partial charge on any atom is 0.410 e. The molecule has 2 atom stereocenters. The molecule has 0 aromatic heterocycles. The number of nitrogens with zero attached hydrogens (tertiary/aromatic N) is 1. The minimum atomic E-state index is -1.18. The van der Waals surface area contributed by atoms with E-state index >= 15 is 0 Å². The van der Waals surface area contributed by atoms with Gasteiger partial charge in [0.05, 0.1) is 12.6 Å². The normalized spacial score (nSPS) is 19.7. The van der Waals surface area contributed by atoms with Crippen LogP contribution in [0.5, 0.6) is 0 Å². The van der Waals surface area contributed by atoms with Crippen LogP contribution in [-0.4, -0.2) is 65.1 Å². The Morgan fingerprint density at radius 1 is 1.22 bits per heavy atom. The number of hydrogen-bond donors (Lipinski definition) is 1. The zero-order valence-electron chi connectivity index (χ0n) is 17.0. The van der Waals surface area contributed by atoms with Crippen LogP contribution in [0.3, 0.4) is 0 Å². The van der Waals surface area contributed by atoms with E-state index in [2.05, 4.69) is 45.4 Å². The maximum absolute atomic E-state index is 12.4. The third kappa shape index (κ3) is 7.76. The van der Waals surface area contributed by atoms with E-state index in [0.29, 0.717) is 19.7 Å². The van der Waals surface area contributed by atoms with Crippen molar-refractivity contribution in [3.05, 3.63) is 25.3 Å². The molecular weight excluding hydrogens is 364 g/mol. The fourth-order valence-corrected chi connectivity index (χ4v) is 3.62. The lowest BCUT2D eigenvalue weighted by molar-refractivity contribution is 0.0936. The second-order valence-electron chi connectivity index (χ2n) is 7.72. The van der Waals surface area contributed by atoms with Gasteiger partial charge in [0.2, 0.25) is 0 Å². The molecule has 1 N–H and O–H groups in total. The molecule has 1 heterocycles. The van der Waals surface area contributed by atoms with Crippen molar-refractivity contribution in [3.8, 4) is 0 Å². The molecule has 1 rings (SSSR count). The first-order chi connectivity index (χ1) is 12.7. The topological polar surface area (TPSA) is 77.1 Å². The standard InChI is InChI=1S/C19H34N2O5Si/c1-7-9-24-17(22)20-14-19(3,4)15-11-16(13-26-27(5)6)21(12-15)18(23)25-10-8-2/h7-8,15-16,27H,1-2,9-14H2,3-6H3,(H,20,22)/t15-,16+/m1/s1. The van der Waals surface area contributed by atoms with Gasteiger partial charge >= 0.3 is 12.2 Å². The van der Waals surface area contributed by atoms with Gasteiger partial charge in [-0.15, -0.1) is 0 Å². The van der Waals surface area contributed by atoms with Crippen LogP contribution in [0.15, 0.2) is 25.3 Å². The lowest BCUT2D eigenvalue weighted by Gasteiger charge is -2.31. The van der Waals surface area contributed by atoms with E-state index in [4.69, 9.17) is 13.9 Å². The molecular formula is C19H34N2O5Si. The van der Waals surface area contributed by atoms with E-state index in [1.165, 1.54) is 6.08 Å². The molecule has 0 aliphatic carbocycles. The summed E-state index contributed by atoms with van der Waals surface area (Å²) in [5.74, 6) is 0.205. The molecule has 2 amide bonds. The summed E-state index contributed by atoms with van der Waals surface area (Å²) in [7, 11) is -1.18. The highest BCUT2D eigenvalue weighted by Crippen LogP contribution is 2.37. The number of alkyl carbamates (subject to hydrolysis) is 1. The number of hydrogen-bond acceptors (Lipinski definition) is 5. The number of nitrogens with one attached hydrogen (secondary N) is 1. The molecule has 7 nitrogen and oxygen atoms in total. The summed E-state index contributed by atoms with van der Waals surface area (Å²) in [5, 5.41) is 2.80. The van der Waals surface area contributed by atoms with Gasteiger partial charge in [-0.3, -0.25) is 0 Å². The lowest BCUT2D eigenvalue weighted by atomic mass is 9.77. The van der Waals surface area contributed by atoms with Crippen molar-refractivity contribution >= 4 is 21.2 Å². The van der Waals surface area contributed by atoms with Gasteiger partial charge in [0.15, 0.2) is 9.04 Å². The average Bonchev–Trinajstić information content (AvgIpc) is 3.06. The summed E-state index contributed by atoms with van der Waals surface area (Å²) in [6.45, 7) is 17.4. The van der Waals surface area contributed by atoms with E-state index in [1.807, 2.05) is 0 Å². The fraction of sp³-hybridized carbons (Fsp3) is 0.684. The van der Waals surface area contributed by atoms with Gasteiger partial charge in [-0.2, -0.15) is 0 Å². The van der Waals surface area contributed by atoms with Crippen molar-refractivity contribution in [1.29, 1.82) is 0 Å². The predicted molar refractivity (Wildman–Crippen MR) is 108 cm³/mol. The predicted octanol–water partition coefficient (Wildman–Crippen LogP) is 2.94. The Morgan fingerprint density at radius 3 is 2.44 bits per heavy atom. The number of likely N-dealkylation sites (tertiary alicyclic amines) is 1. The van der Waals surface area contributed by atoms with Crippen molar-refractivity contribution < 1.29 is 23.5 Å². The van der Waals surface area contributed by atoms with Crippen LogP contribution in [-0.2, 0) is 13.9 Å². The molecule has 0 saturated carbocycles. The summed E-state index contributed by atoms with van der Waals surface area (Å²) in [5.41, 5.74) is -0.214. The molecule has 0 spiro atoms. The number of rotatable bonds is 10. The molecule has 1 aliphatic rings. The van der Waals surface area contributed by atoms with Crippen LogP contribution >= 0.6 is 0 Å². The molecule has 1 fully saturated rings. The summed E-state index contributed by atoms with van der Waals surface area (Å²) in [6, 6.07) is -0.0193. The first kappa shape index (κ1) is 23.2.